The maximum atomic E-state index is 12.9. The van der Waals surface area contributed by atoms with Gasteiger partial charge in [-0.15, -0.1) is 0 Å². The van der Waals surface area contributed by atoms with E-state index in [1.54, 1.807) is 16.8 Å². The number of nitrogens with zero attached hydrogens (tertiary/aromatic N) is 3. The summed E-state index contributed by atoms with van der Waals surface area (Å²) in [5, 5.41) is 6.78. The Balaban J connectivity index is 1.46. The zero-order chi connectivity index (χ0) is 25.8. The Morgan fingerprint density at radius 1 is 1.14 bits per heavy atom. The topological polar surface area (TPSA) is 126 Å². The standard InChI is InChI=1S/C24H20F2N4O6/c1-13(2)30-21-17(11-27-30)16(10-18(28-21)19-4-3-9-34-19)23(33)35-12-20(31)29-22(32)14-5-7-15(8-6-14)36-24(25)26/h3-11,13,24H,12H2,1-2H3,(H,29,31,32). The van der Waals surface area contributed by atoms with Gasteiger partial charge in [-0.3, -0.25) is 14.9 Å². The highest BCUT2D eigenvalue weighted by Crippen LogP contribution is 2.27. The van der Waals surface area contributed by atoms with Gasteiger partial charge in [0.05, 0.1) is 23.4 Å². The van der Waals surface area contributed by atoms with Gasteiger partial charge in [0, 0.05) is 11.6 Å². The van der Waals surface area contributed by atoms with Crippen LogP contribution in [0.3, 0.4) is 0 Å². The molecule has 1 N–H and O–H groups in total. The Morgan fingerprint density at radius 2 is 1.89 bits per heavy atom. The number of nitrogens with one attached hydrogen (secondary N) is 1. The predicted octanol–water partition coefficient (Wildman–Crippen LogP) is 3.99. The number of carbonyl (C=O) groups excluding carboxylic acids is 3. The van der Waals surface area contributed by atoms with Crippen molar-refractivity contribution in [3.8, 4) is 17.2 Å². The van der Waals surface area contributed by atoms with Gasteiger partial charge in [0.15, 0.2) is 18.0 Å². The third kappa shape index (κ3) is 5.37. The SMILES string of the molecule is CC(C)n1ncc2c(C(=O)OCC(=O)NC(=O)c3ccc(OC(F)F)cc3)cc(-c3ccco3)nc21. The lowest BCUT2D eigenvalue weighted by molar-refractivity contribution is -0.123. The minimum Gasteiger partial charge on any atom is -0.463 e. The largest absolute Gasteiger partial charge is 0.463 e. The highest BCUT2D eigenvalue weighted by molar-refractivity contribution is 6.07. The van der Waals surface area contributed by atoms with Crippen molar-refractivity contribution in [1.82, 2.24) is 20.1 Å². The fourth-order valence-electron chi connectivity index (χ4n) is 3.35. The average molecular weight is 498 g/mol. The summed E-state index contributed by atoms with van der Waals surface area (Å²) in [5.74, 6) is -2.22. The highest BCUT2D eigenvalue weighted by Gasteiger charge is 2.21. The fraction of sp³-hybridized carbons (Fsp3) is 0.208. The van der Waals surface area contributed by atoms with Gasteiger partial charge in [-0.2, -0.15) is 13.9 Å². The molecule has 0 spiro atoms. The van der Waals surface area contributed by atoms with E-state index in [1.165, 1.54) is 30.7 Å². The second kappa shape index (κ2) is 10.3. The number of hydrogen-bond donors (Lipinski definition) is 1. The van der Waals surface area contributed by atoms with Crippen molar-refractivity contribution in [1.29, 1.82) is 0 Å². The van der Waals surface area contributed by atoms with Gasteiger partial charge in [0.2, 0.25) is 0 Å². The number of benzene rings is 1. The van der Waals surface area contributed by atoms with Crippen molar-refractivity contribution in [3.05, 3.63) is 66.1 Å². The number of imide groups is 1. The molecule has 0 aliphatic carbocycles. The van der Waals surface area contributed by atoms with Crippen LogP contribution in [0.5, 0.6) is 5.75 Å². The molecule has 0 atom stereocenters. The first-order chi connectivity index (χ1) is 17.2. The Labute approximate surface area is 202 Å². The monoisotopic (exact) mass is 498 g/mol. The van der Waals surface area contributed by atoms with E-state index in [0.717, 1.165) is 12.1 Å². The Morgan fingerprint density at radius 3 is 2.53 bits per heavy atom. The number of pyridine rings is 1. The maximum Gasteiger partial charge on any atom is 0.387 e. The average Bonchev–Trinajstić information content (AvgIpc) is 3.52. The molecule has 4 aromatic rings. The summed E-state index contributed by atoms with van der Waals surface area (Å²) in [4.78, 5) is 41.9. The summed E-state index contributed by atoms with van der Waals surface area (Å²) < 4.78 is 40.9. The minimum absolute atomic E-state index is 0.0244. The smallest absolute Gasteiger partial charge is 0.387 e. The third-order valence-corrected chi connectivity index (χ3v) is 4.98. The van der Waals surface area contributed by atoms with Crippen LogP contribution in [-0.4, -0.2) is 45.8 Å². The van der Waals surface area contributed by atoms with Crippen LogP contribution in [0.4, 0.5) is 8.78 Å². The number of ether oxygens (including phenoxy) is 2. The number of amides is 2. The van der Waals surface area contributed by atoms with Crippen molar-refractivity contribution in [3.63, 3.8) is 0 Å². The van der Waals surface area contributed by atoms with E-state index in [9.17, 15) is 23.2 Å². The van der Waals surface area contributed by atoms with Crippen molar-refractivity contribution < 1.29 is 37.1 Å². The molecule has 186 valence electrons. The molecule has 0 aliphatic rings. The Bertz CT molecular complexity index is 1400. The lowest BCUT2D eigenvalue weighted by Crippen LogP contribution is -2.34. The molecule has 0 unspecified atom stereocenters. The second-order valence-corrected chi connectivity index (χ2v) is 7.81. The summed E-state index contributed by atoms with van der Waals surface area (Å²) in [6.07, 6.45) is 2.95. The van der Waals surface area contributed by atoms with Gasteiger partial charge >= 0.3 is 12.6 Å². The molecule has 0 radical (unpaired) electrons. The van der Waals surface area contributed by atoms with E-state index in [0.29, 0.717) is 22.5 Å². The lowest BCUT2D eigenvalue weighted by atomic mass is 10.1. The van der Waals surface area contributed by atoms with Crippen molar-refractivity contribution in [2.24, 2.45) is 0 Å². The first kappa shape index (κ1) is 24.5. The van der Waals surface area contributed by atoms with E-state index in [4.69, 9.17) is 9.15 Å². The predicted molar refractivity (Wildman–Crippen MR) is 121 cm³/mol. The van der Waals surface area contributed by atoms with Crippen LogP contribution >= 0.6 is 0 Å². The number of halogens is 2. The molecule has 12 heteroatoms. The molecule has 10 nitrogen and oxygen atoms in total. The molecular weight excluding hydrogens is 478 g/mol. The summed E-state index contributed by atoms with van der Waals surface area (Å²) in [6, 6.07) is 9.54. The van der Waals surface area contributed by atoms with E-state index >= 15 is 0 Å². The normalized spacial score (nSPS) is 11.2. The van der Waals surface area contributed by atoms with E-state index < -0.39 is 31.0 Å². The zero-order valence-electron chi connectivity index (χ0n) is 19.1. The van der Waals surface area contributed by atoms with Crippen LogP contribution in [0.1, 0.15) is 40.6 Å². The number of furan rings is 1. The van der Waals surface area contributed by atoms with Gasteiger partial charge in [-0.1, -0.05) is 0 Å². The number of alkyl halides is 2. The molecule has 4 rings (SSSR count). The molecule has 0 saturated carbocycles. The molecular formula is C24H20F2N4O6. The molecule has 36 heavy (non-hydrogen) atoms. The van der Waals surface area contributed by atoms with Gasteiger partial charge < -0.3 is 13.9 Å². The summed E-state index contributed by atoms with van der Waals surface area (Å²) in [5.41, 5.74) is 0.953. The van der Waals surface area contributed by atoms with Gasteiger partial charge in [0.1, 0.15) is 11.4 Å². The third-order valence-electron chi connectivity index (χ3n) is 4.98. The van der Waals surface area contributed by atoms with Crippen LogP contribution in [0.25, 0.3) is 22.5 Å². The van der Waals surface area contributed by atoms with E-state index in [2.05, 4.69) is 20.1 Å². The number of carbonyl (C=O) groups is 3. The highest BCUT2D eigenvalue weighted by atomic mass is 19.3. The Kier molecular flexibility index (Phi) is 7.04. The Hall–Kier alpha value is -4.61. The zero-order valence-corrected chi connectivity index (χ0v) is 19.1. The fourth-order valence-corrected chi connectivity index (χ4v) is 3.35. The number of esters is 1. The first-order valence-corrected chi connectivity index (χ1v) is 10.7. The molecule has 2 amide bonds. The van der Waals surface area contributed by atoms with Crippen LogP contribution in [0.15, 0.2) is 59.3 Å². The van der Waals surface area contributed by atoms with E-state index in [-0.39, 0.29) is 22.9 Å². The summed E-state index contributed by atoms with van der Waals surface area (Å²) in [7, 11) is 0. The van der Waals surface area contributed by atoms with Crippen LogP contribution < -0.4 is 10.1 Å². The maximum absolute atomic E-state index is 12.9. The van der Waals surface area contributed by atoms with Gasteiger partial charge in [-0.05, 0) is 56.3 Å². The van der Waals surface area contributed by atoms with E-state index in [1.807, 2.05) is 13.8 Å². The number of aromatic nitrogens is 3. The molecule has 3 heterocycles. The van der Waals surface area contributed by atoms with Gasteiger partial charge in [-0.25, -0.2) is 14.5 Å². The molecule has 1 aromatic carbocycles. The molecule has 0 bridgehead atoms. The summed E-state index contributed by atoms with van der Waals surface area (Å²) in [6.45, 7) is 0.0752. The molecule has 0 aliphatic heterocycles. The van der Waals surface area contributed by atoms with Crippen molar-refractivity contribution >= 4 is 28.8 Å². The number of hydrogen-bond acceptors (Lipinski definition) is 8. The molecule has 0 fully saturated rings. The molecule has 0 saturated heterocycles. The van der Waals surface area contributed by atoms with Gasteiger partial charge in [0.25, 0.3) is 11.8 Å². The first-order valence-electron chi connectivity index (χ1n) is 10.7. The lowest BCUT2D eigenvalue weighted by Gasteiger charge is -2.10. The minimum atomic E-state index is -3.00. The van der Waals surface area contributed by atoms with Crippen LogP contribution in [0, 0.1) is 0 Å². The molecule has 3 aromatic heterocycles. The quantitative estimate of drug-likeness (QED) is 0.362. The van der Waals surface area contributed by atoms with Crippen molar-refractivity contribution in [2.75, 3.05) is 6.61 Å². The van der Waals surface area contributed by atoms with Crippen LogP contribution in [-0.2, 0) is 9.53 Å². The van der Waals surface area contributed by atoms with Crippen molar-refractivity contribution in [2.45, 2.75) is 26.5 Å². The number of rotatable bonds is 8. The van der Waals surface area contributed by atoms with Crippen LogP contribution in [0.2, 0.25) is 0 Å². The second-order valence-electron chi connectivity index (χ2n) is 7.81. The summed E-state index contributed by atoms with van der Waals surface area (Å²) >= 11 is 0. The number of fused-ring (bicyclic) bond motifs is 1.